The summed E-state index contributed by atoms with van der Waals surface area (Å²) in [6.45, 7) is 1.55. The molecule has 1 aliphatic rings. The van der Waals surface area contributed by atoms with Crippen molar-refractivity contribution in [2.24, 2.45) is 5.14 Å². The number of sulfonamides is 2. The molecule has 0 bridgehead atoms. The van der Waals surface area contributed by atoms with Crippen LogP contribution in [0.4, 0.5) is 11.4 Å². The van der Waals surface area contributed by atoms with Gasteiger partial charge in [-0.3, -0.25) is 9.52 Å². The van der Waals surface area contributed by atoms with E-state index in [1.807, 2.05) is 0 Å². The number of benzene rings is 2. The molecule has 0 unspecified atom stereocenters. The van der Waals surface area contributed by atoms with Gasteiger partial charge in [0.15, 0.2) is 6.10 Å². The first-order chi connectivity index (χ1) is 12.1. The van der Waals surface area contributed by atoms with E-state index in [4.69, 9.17) is 9.88 Å². The van der Waals surface area contributed by atoms with Gasteiger partial charge in [-0.25, -0.2) is 22.0 Å². The molecule has 0 aliphatic carbocycles. The molecule has 1 heterocycles. The van der Waals surface area contributed by atoms with Crippen molar-refractivity contribution in [2.75, 3.05) is 10.0 Å². The summed E-state index contributed by atoms with van der Waals surface area (Å²) >= 11 is 0. The molecule has 1 atom stereocenters. The Balaban J connectivity index is 1.87. The van der Waals surface area contributed by atoms with Crippen molar-refractivity contribution in [3.05, 3.63) is 42.5 Å². The molecule has 11 heteroatoms. The molecule has 3 rings (SSSR count). The number of ether oxygens (including phenoxy) is 1. The van der Waals surface area contributed by atoms with E-state index in [0.717, 1.165) is 0 Å². The van der Waals surface area contributed by atoms with E-state index in [1.165, 1.54) is 42.5 Å². The summed E-state index contributed by atoms with van der Waals surface area (Å²) in [5.74, 6) is -0.0780. The minimum atomic E-state index is -3.95. The van der Waals surface area contributed by atoms with Crippen molar-refractivity contribution >= 4 is 37.3 Å². The van der Waals surface area contributed by atoms with Crippen LogP contribution in [0.15, 0.2) is 52.3 Å². The van der Waals surface area contributed by atoms with Gasteiger partial charge in [0.1, 0.15) is 5.75 Å². The molecule has 2 aromatic rings. The molecule has 0 radical (unpaired) electrons. The molecule has 4 N–H and O–H groups in total. The summed E-state index contributed by atoms with van der Waals surface area (Å²) in [5.41, 5.74) is 0.544. The lowest BCUT2D eigenvalue weighted by Crippen LogP contribution is -2.34. The van der Waals surface area contributed by atoms with Crippen LogP contribution in [0.25, 0.3) is 0 Å². The van der Waals surface area contributed by atoms with Gasteiger partial charge in [-0.2, -0.15) is 0 Å². The van der Waals surface area contributed by atoms with Crippen LogP contribution in [-0.2, 0) is 24.8 Å². The standard InChI is InChI=1S/C15H15N3O6S2/c1-9-15(19)17-13-7-6-12(8-14(13)24-9)26(22,23)18-10-2-4-11(5-3-10)25(16,20)21/h2-9,18H,1H3,(H,17,19)(H2,16,20,21)/t9-/m1/s1. The Labute approximate surface area is 150 Å². The fraction of sp³-hybridized carbons (Fsp3) is 0.133. The highest BCUT2D eigenvalue weighted by molar-refractivity contribution is 7.92. The normalized spacial score (nSPS) is 17.0. The van der Waals surface area contributed by atoms with Crippen LogP contribution in [0.1, 0.15) is 6.92 Å². The summed E-state index contributed by atoms with van der Waals surface area (Å²) in [6.07, 6.45) is -0.737. The Kier molecular flexibility index (Phi) is 4.38. The van der Waals surface area contributed by atoms with Crippen LogP contribution in [-0.4, -0.2) is 28.8 Å². The summed E-state index contributed by atoms with van der Waals surface area (Å²) in [5, 5.41) is 7.61. The van der Waals surface area contributed by atoms with Gasteiger partial charge in [0.05, 0.1) is 15.5 Å². The number of fused-ring (bicyclic) bond motifs is 1. The molecule has 1 aliphatic heterocycles. The summed E-state index contributed by atoms with van der Waals surface area (Å²) in [4.78, 5) is 11.4. The third-order valence-corrected chi connectivity index (χ3v) is 5.94. The molecule has 0 saturated heterocycles. The van der Waals surface area contributed by atoms with E-state index in [2.05, 4.69) is 10.0 Å². The quantitative estimate of drug-likeness (QED) is 0.697. The third-order valence-electron chi connectivity index (χ3n) is 3.63. The maximum atomic E-state index is 12.5. The van der Waals surface area contributed by atoms with Gasteiger partial charge < -0.3 is 10.1 Å². The predicted molar refractivity (Wildman–Crippen MR) is 93.8 cm³/mol. The second-order valence-electron chi connectivity index (χ2n) is 5.58. The van der Waals surface area contributed by atoms with E-state index in [1.54, 1.807) is 6.92 Å². The molecule has 0 saturated carbocycles. The molecule has 138 valence electrons. The topological polar surface area (TPSA) is 145 Å². The summed E-state index contributed by atoms with van der Waals surface area (Å²) in [7, 11) is -7.81. The highest BCUT2D eigenvalue weighted by Gasteiger charge is 2.25. The second-order valence-corrected chi connectivity index (χ2v) is 8.83. The second kappa shape index (κ2) is 6.27. The van der Waals surface area contributed by atoms with Gasteiger partial charge in [0, 0.05) is 11.8 Å². The molecular weight excluding hydrogens is 382 g/mol. The maximum Gasteiger partial charge on any atom is 0.265 e. The fourth-order valence-electron chi connectivity index (χ4n) is 2.28. The molecule has 0 spiro atoms. The zero-order valence-electron chi connectivity index (χ0n) is 13.5. The lowest BCUT2D eigenvalue weighted by Gasteiger charge is -2.23. The van der Waals surface area contributed by atoms with Crippen molar-refractivity contribution in [2.45, 2.75) is 22.8 Å². The number of hydrogen-bond donors (Lipinski definition) is 3. The number of rotatable bonds is 4. The van der Waals surface area contributed by atoms with E-state index in [0.29, 0.717) is 5.69 Å². The largest absolute Gasteiger partial charge is 0.479 e. The van der Waals surface area contributed by atoms with Crippen molar-refractivity contribution in [1.29, 1.82) is 0 Å². The van der Waals surface area contributed by atoms with Gasteiger partial charge in [0.25, 0.3) is 15.9 Å². The van der Waals surface area contributed by atoms with Crippen LogP contribution in [0.5, 0.6) is 5.75 Å². The lowest BCUT2D eigenvalue weighted by molar-refractivity contribution is -0.122. The first kappa shape index (κ1) is 18.2. The minimum Gasteiger partial charge on any atom is -0.479 e. The monoisotopic (exact) mass is 397 g/mol. The Morgan fingerprint density at radius 3 is 2.27 bits per heavy atom. The molecule has 0 aromatic heterocycles. The lowest BCUT2D eigenvalue weighted by atomic mass is 10.2. The highest BCUT2D eigenvalue weighted by atomic mass is 32.2. The predicted octanol–water partition coefficient (Wildman–Crippen LogP) is 0.854. The average molecular weight is 397 g/mol. The molecule has 9 nitrogen and oxygen atoms in total. The molecule has 26 heavy (non-hydrogen) atoms. The Morgan fingerprint density at radius 1 is 1.04 bits per heavy atom. The first-order valence-electron chi connectivity index (χ1n) is 7.33. The number of amides is 1. The zero-order valence-corrected chi connectivity index (χ0v) is 15.1. The minimum absolute atomic E-state index is 0.0740. The van der Waals surface area contributed by atoms with Crippen molar-refractivity contribution < 1.29 is 26.4 Å². The number of hydrogen-bond acceptors (Lipinski definition) is 6. The average Bonchev–Trinajstić information content (AvgIpc) is 2.55. The first-order valence-corrected chi connectivity index (χ1v) is 10.4. The third kappa shape index (κ3) is 3.64. The van der Waals surface area contributed by atoms with E-state index in [9.17, 15) is 21.6 Å². The number of anilines is 2. The molecule has 2 aromatic carbocycles. The van der Waals surface area contributed by atoms with Crippen LogP contribution in [0, 0.1) is 0 Å². The van der Waals surface area contributed by atoms with Crippen LogP contribution >= 0.6 is 0 Å². The van der Waals surface area contributed by atoms with Crippen LogP contribution in [0.2, 0.25) is 0 Å². The van der Waals surface area contributed by atoms with Gasteiger partial charge in [-0.1, -0.05) is 0 Å². The van der Waals surface area contributed by atoms with Crippen LogP contribution < -0.4 is 19.9 Å². The Morgan fingerprint density at radius 2 is 1.65 bits per heavy atom. The Bertz CT molecular complexity index is 1080. The van der Waals surface area contributed by atoms with Crippen molar-refractivity contribution in [3.63, 3.8) is 0 Å². The Hall–Kier alpha value is -2.63. The number of nitrogens with one attached hydrogen (secondary N) is 2. The van der Waals surface area contributed by atoms with Crippen LogP contribution in [0.3, 0.4) is 0 Å². The highest BCUT2D eigenvalue weighted by Crippen LogP contribution is 2.32. The number of carbonyl (C=O) groups excluding carboxylic acids is 1. The number of nitrogens with two attached hydrogens (primary N) is 1. The fourth-order valence-corrected chi connectivity index (χ4v) is 3.86. The van der Waals surface area contributed by atoms with Gasteiger partial charge in [0.2, 0.25) is 10.0 Å². The summed E-state index contributed by atoms with van der Waals surface area (Å²) < 4.78 is 55.2. The van der Waals surface area contributed by atoms with E-state index < -0.39 is 26.2 Å². The van der Waals surface area contributed by atoms with Gasteiger partial charge >= 0.3 is 0 Å². The summed E-state index contributed by atoms with van der Waals surface area (Å²) in [6, 6.07) is 9.01. The number of carbonyl (C=O) groups is 1. The van der Waals surface area contributed by atoms with E-state index >= 15 is 0 Å². The number of primary sulfonamides is 1. The van der Waals surface area contributed by atoms with Gasteiger partial charge in [-0.15, -0.1) is 0 Å². The molecule has 0 fully saturated rings. The molecule has 1 amide bonds. The van der Waals surface area contributed by atoms with Crippen molar-refractivity contribution in [1.82, 2.24) is 0 Å². The smallest absolute Gasteiger partial charge is 0.265 e. The zero-order chi connectivity index (χ0) is 19.1. The van der Waals surface area contributed by atoms with Gasteiger partial charge in [-0.05, 0) is 43.3 Å². The molecular formula is C15H15N3O6S2. The van der Waals surface area contributed by atoms with Crippen molar-refractivity contribution in [3.8, 4) is 5.75 Å². The van der Waals surface area contributed by atoms with E-state index in [-0.39, 0.29) is 27.1 Å². The SMILES string of the molecule is C[C@H]1Oc2cc(S(=O)(=O)Nc3ccc(S(N)(=O)=O)cc3)ccc2NC1=O. The maximum absolute atomic E-state index is 12.5.